The molecule has 0 aliphatic rings. The molecule has 1 aromatic carbocycles. The largest absolute Gasteiger partial charge is 0.240 e. The first-order valence-electron chi connectivity index (χ1n) is 5.35. The van der Waals surface area contributed by atoms with Crippen molar-refractivity contribution in [3.8, 4) is 0 Å². The van der Waals surface area contributed by atoms with E-state index >= 15 is 0 Å². The predicted molar refractivity (Wildman–Crippen MR) is 76.9 cm³/mol. The molecule has 0 bridgehead atoms. The number of rotatable bonds is 6. The zero-order chi connectivity index (χ0) is 14.7. The first kappa shape index (κ1) is 16.6. The summed E-state index contributed by atoms with van der Waals surface area (Å²) in [6.45, 7) is 1.59. The predicted octanol–water partition coefficient (Wildman–Crippen LogP) is 0.585. The first-order valence-corrected chi connectivity index (χ1v) is 9.28. The second-order valence-electron chi connectivity index (χ2n) is 3.83. The Balaban J connectivity index is 2.79. The SMILES string of the molecule is CNS(=O)(=O)CCNS(=O)(=O)c1ccc(Br)c(C)c1. The Labute approximate surface area is 121 Å². The Hall–Kier alpha value is -0.480. The minimum Gasteiger partial charge on any atom is -0.218 e. The normalized spacial score (nSPS) is 12.6. The zero-order valence-corrected chi connectivity index (χ0v) is 13.7. The van der Waals surface area contributed by atoms with Crippen molar-refractivity contribution in [2.45, 2.75) is 11.8 Å². The lowest BCUT2D eigenvalue weighted by molar-refractivity contribution is 0.578. The minimum absolute atomic E-state index is 0.107. The van der Waals surface area contributed by atoms with E-state index in [1.54, 1.807) is 13.0 Å². The molecule has 0 saturated carbocycles. The Morgan fingerprint density at radius 2 is 1.84 bits per heavy atom. The van der Waals surface area contributed by atoms with Crippen LogP contribution in [0.5, 0.6) is 0 Å². The summed E-state index contributed by atoms with van der Waals surface area (Å²) in [5.74, 6) is -0.307. The second-order valence-corrected chi connectivity index (χ2v) is 8.50. The Kier molecular flexibility index (Phi) is 5.51. The van der Waals surface area contributed by atoms with E-state index in [0.717, 1.165) is 10.0 Å². The van der Waals surface area contributed by atoms with Crippen LogP contribution in [0.2, 0.25) is 0 Å². The summed E-state index contributed by atoms with van der Waals surface area (Å²) in [6, 6.07) is 4.60. The molecule has 9 heteroatoms. The fourth-order valence-corrected chi connectivity index (χ4v) is 3.35. The van der Waals surface area contributed by atoms with Crippen molar-refractivity contribution < 1.29 is 16.8 Å². The van der Waals surface area contributed by atoms with Crippen LogP contribution < -0.4 is 9.44 Å². The van der Waals surface area contributed by atoms with Crippen LogP contribution >= 0.6 is 15.9 Å². The summed E-state index contributed by atoms with van der Waals surface area (Å²) in [4.78, 5) is 0.107. The number of hydrogen-bond acceptors (Lipinski definition) is 4. The van der Waals surface area contributed by atoms with E-state index in [2.05, 4.69) is 25.4 Å². The van der Waals surface area contributed by atoms with Gasteiger partial charge in [0.25, 0.3) is 0 Å². The lowest BCUT2D eigenvalue weighted by atomic mass is 10.2. The highest BCUT2D eigenvalue weighted by molar-refractivity contribution is 9.10. The van der Waals surface area contributed by atoms with Gasteiger partial charge in [-0.3, -0.25) is 0 Å². The number of nitrogens with one attached hydrogen (secondary N) is 2. The van der Waals surface area contributed by atoms with Gasteiger partial charge in [0.05, 0.1) is 10.6 Å². The molecule has 0 saturated heterocycles. The van der Waals surface area contributed by atoms with E-state index in [0.29, 0.717) is 0 Å². The Morgan fingerprint density at radius 3 is 2.37 bits per heavy atom. The molecule has 19 heavy (non-hydrogen) atoms. The molecule has 1 aromatic rings. The fourth-order valence-electron chi connectivity index (χ4n) is 1.28. The Bertz CT molecular complexity index is 656. The van der Waals surface area contributed by atoms with Crippen molar-refractivity contribution in [3.05, 3.63) is 28.2 Å². The molecule has 1 rings (SSSR count). The van der Waals surface area contributed by atoms with E-state index in [9.17, 15) is 16.8 Å². The van der Waals surface area contributed by atoms with Gasteiger partial charge in [-0.15, -0.1) is 0 Å². The quantitative estimate of drug-likeness (QED) is 0.766. The molecule has 6 nitrogen and oxygen atoms in total. The maximum Gasteiger partial charge on any atom is 0.240 e. The number of halogens is 1. The van der Waals surface area contributed by atoms with Crippen LogP contribution in [-0.2, 0) is 20.0 Å². The number of aryl methyl sites for hydroxylation is 1. The molecule has 108 valence electrons. The van der Waals surface area contributed by atoms with Crippen LogP contribution in [0.4, 0.5) is 0 Å². The van der Waals surface area contributed by atoms with Gasteiger partial charge < -0.3 is 0 Å². The Morgan fingerprint density at radius 1 is 1.21 bits per heavy atom. The van der Waals surface area contributed by atoms with Gasteiger partial charge in [-0.1, -0.05) is 15.9 Å². The van der Waals surface area contributed by atoms with Gasteiger partial charge in [0.2, 0.25) is 20.0 Å². The van der Waals surface area contributed by atoms with Crippen molar-refractivity contribution in [3.63, 3.8) is 0 Å². The van der Waals surface area contributed by atoms with Gasteiger partial charge in [0, 0.05) is 11.0 Å². The summed E-state index contributed by atoms with van der Waals surface area (Å²) in [6.07, 6.45) is 0. The van der Waals surface area contributed by atoms with Gasteiger partial charge >= 0.3 is 0 Å². The average molecular weight is 371 g/mol. The lowest BCUT2D eigenvalue weighted by Crippen LogP contribution is -2.33. The summed E-state index contributed by atoms with van der Waals surface area (Å²) in [5.41, 5.74) is 0.783. The maximum absolute atomic E-state index is 11.9. The topological polar surface area (TPSA) is 92.3 Å². The molecule has 0 aliphatic heterocycles. The highest BCUT2D eigenvalue weighted by Crippen LogP contribution is 2.19. The number of hydrogen-bond donors (Lipinski definition) is 2. The zero-order valence-electron chi connectivity index (χ0n) is 10.5. The van der Waals surface area contributed by atoms with Gasteiger partial charge in [0.1, 0.15) is 0 Å². The van der Waals surface area contributed by atoms with E-state index in [-0.39, 0.29) is 17.2 Å². The molecule has 0 aliphatic carbocycles. The summed E-state index contributed by atoms with van der Waals surface area (Å²) in [7, 11) is -5.84. The van der Waals surface area contributed by atoms with Gasteiger partial charge in [-0.05, 0) is 37.7 Å². The summed E-state index contributed by atoms with van der Waals surface area (Å²) in [5, 5.41) is 0. The monoisotopic (exact) mass is 370 g/mol. The molecule has 2 N–H and O–H groups in total. The highest BCUT2D eigenvalue weighted by atomic mass is 79.9. The van der Waals surface area contributed by atoms with Crippen LogP contribution in [0.25, 0.3) is 0 Å². The summed E-state index contributed by atoms with van der Waals surface area (Å²) < 4.78 is 51.4. The highest BCUT2D eigenvalue weighted by Gasteiger charge is 2.16. The van der Waals surface area contributed by atoms with Crippen LogP contribution in [0, 0.1) is 6.92 Å². The third kappa shape index (κ3) is 4.84. The van der Waals surface area contributed by atoms with Crippen LogP contribution in [0.15, 0.2) is 27.6 Å². The third-order valence-corrected chi connectivity index (χ3v) is 6.13. The molecule has 0 spiro atoms. The van der Waals surface area contributed by atoms with Crippen LogP contribution in [0.3, 0.4) is 0 Å². The van der Waals surface area contributed by atoms with Crippen molar-refractivity contribution in [1.29, 1.82) is 0 Å². The molecule has 0 amide bonds. The fraction of sp³-hybridized carbons (Fsp3) is 0.400. The molecule has 0 radical (unpaired) electrons. The van der Waals surface area contributed by atoms with Gasteiger partial charge in [-0.2, -0.15) is 0 Å². The number of sulfonamides is 2. The van der Waals surface area contributed by atoms with Crippen molar-refractivity contribution in [2.24, 2.45) is 0 Å². The van der Waals surface area contributed by atoms with E-state index in [4.69, 9.17) is 0 Å². The van der Waals surface area contributed by atoms with Gasteiger partial charge in [0.15, 0.2) is 0 Å². The molecule has 0 atom stereocenters. The second kappa shape index (κ2) is 6.31. The maximum atomic E-state index is 11.9. The molecular formula is C10H15BrN2O4S2. The minimum atomic E-state index is -3.69. The van der Waals surface area contributed by atoms with E-state index in [1.165, 1.54) is 19.2 Å². The molecule has 0 heterocycles. The third-order valence-electron chi connectivity index (χ3n) is 2.41. The lowest BCUT2D eigenvalue weighted by Gasteiger charge is -2.08. The summed E-state index contributed by atoms with van der Waals surface area (Å²) >= 11 is 3.28. The van der Waals surface area contributed by atoms with Crippen LogP contribution in [-0.4, -0.2) is 36.2 Å². The first-order chi connectivity index (χ1) is 8.68. The van der Waals surface area contributed by atoms with E-state index in [1.807, 2.05) is 0 Å². The van der Waals surface area contributed by atoms with Crippen LogP contribution in [0.1, 0.15) is 5.56 Å². The number of benzene rings is 1. The molecule has 0 unspecified atom stereocenters. The van der Waals surface area contributed by atoms with Gasteiger partial charge in [-0.25, -0.2) is 26.3 Å². The molecule has 0 aromatic heterocycles. The van der Waals surface area contributed by atoms with Crippen molar-refractivity contribution >= 4 is 36.0 Å². The van der Waals surface area contributed by atoms with E-state index < -0.39 is 20.0 Å². The molecule has 0 fully saturated rings. The molecular weight excluding hydrogens is 356 g/mol. The standard InChI is InChI=1S/C10H15BrN2O4S2/c1-8-7-9(3-4-10(8)11)19(16,17)13-5-6-18(14,15)12-2/h3-4,7,12-13H,5-6H2,1-2H3. The average Bonchev–Trinajstić information content (AvgIpc) is 2.32. The van der Waals surface area contributed by atoms with Crippen molar-refractivity contribution in [1.82, 2.24) is 9.44 Å². The van der Waals surface area contributed by atoms with Crippen molar-refractivity contribution in [2.75, 3.05) is 19.3 Å². The smallest absolute Gasteiger partial charge is 0.218 e.